The highest BCUT2D eigenvalue weighted by Crippen LogP contribution is 2.26. The van der Waals surface area contributed by atoms with Crippen LogP contribution in [0.2, 0.25) is 0 Å². The van der Waals surface area contributed by atoms with Crippen LogP contribution >= 0.6 is 0 Å². The van der Waals surface area contributed by atoms with E-state index in [-0.39, 0.29) is 5.89 Å². The smallest absolute Gasteiger partial charge is 0.391 e. The Hall–Kier alpha value is -1.04. The van der Waals surface area contributed by atoms with Gasteiger partial charge in [0.25, 0.3) is 0 Å². The Kier molecular flexibility index (Phi) is 2.37. The van der Waals surface area contributed by atoms with Crippen LogP contribution in [0.25, 0.3) is 0 Å². The van der Waals surface area contributed by atoms with Crippen molar-refractivity contribution >= 4 is 0 Å². The van der Waals surface area contributed by atoms with Crippen molar-refractivity contribution in [2.24, 2.45) is 5.73 Å². The van der Waals surface area contributed by atoms with Gasteiger partial charge in [-0.2, -0.15) is 13.2 Å². The highest BCUT2D eigenvalue weighted by atomic mass is 19.4. The topological polar surface area (TPSA) is 52.0 Å². The minimum Gasteiger partial charge on any atom is -0.447 e. The van der Waals surface area contributed by atoms with Crippen molar-refractivity contribution in [1.29, 1.82) is 0 Å². The van der Waals surface area contributed by atoms with E-state index in [2.05, 4.69) is 9.40 Å². The maximum Gasteiger partial charge on any atom is 0.391 e. The summed E-state index contributed by atoms with van der Waals surface area (Å²) < 4.78 is 39.9. The number of alkyl halides is 3. The maximum atomic E-state index is 11.7. The molecular formula is C6H7F3N2O. The van der Waals surface area contributed by atoms with E-state index in [1.54, 1.807) is 0 Å². The van der Waals surface area contributed by atoms with Crippen LogP contribution in [0, 0.1) is 0 Å². The van der Waals surface area contributed by atoms with E-state index < -0.39 is 18.6 Å². The highest BCUT2D eigenvalue weighted by molar-refractivity contribution is 4.89. The van der Waals surface area contributed by atoms with Crippen molar-refractivity contribution in [2.75, 3.05) is 0 Å². The molecule has 1 heterocycles. The van der Waals surface area contributed by atoms with Crippen LogP contribution in [0.1, 0.15) is 18.4 Å². The molecule has 6 heteroatoms. The molecule has 0 fully saturated rings. The molecule has 1 rings (SSSR count). The first-order chi connectivity index (χ1) is 5.49. The number of hydrogen-bond donors (Lipinski definition) is 1. The van der Waals surface area contributed by atoms with Crippen LogP contribution < -0.4 is 5.73 Å². The molecule has 0 aliphatic carbocycles. The molecule has 1 unspecified atom stereocenters. The summed E-state index contributed by atoms with van der Waals surface area (Å²) in [6.45, 7) is 0. The molecule has 1 aromatic heterocycles. The van der Waals surface area contributed by atoms with Crippen molar-refractivity contribution in [1.82, 2.24) is 4.98 Å². The van der Waals surface area contributed by atoms with E-state index in [1.807, 2.05) is 0 Å². The molecule has 3 nitrogen and oxygen atoms in total. The fourth-order valence-corrected chi connectivity index (χ4v) is 0.754. The minimum absolute atomic E-state index is 0.0904. The molecule has 0 aliphatic heterocycles. The zero-order valence-corrected chi connectivity index (χ0v) is 6.01. The average Bonchev–Trinajstić information content (AvgIpc) is 2.32. The normalized spacial score (nSPS) is 14.7. The van der Waals surface area contributed by atoms with Gasteiger partial charge in [0.1, 0.15) is 6.26 Å². The zero-order chi connectivity index (χ0) is 9.19. The number of rotatable bonds is 2. The summed E-state index contributed by atoms with van der Waals surface area (Å²) >= 11 is 0. The Labute approximate surface area is 66.4 Å². The Morgan fingerprint density at radius 1 is 1.58 bits per heavy atom. The summed E-state index contributed by atoms with van der Waals surface area (Å²) in [7, 11) is 0. The minimum atomic E-state index is -4.28. The molecule has 1 atom stereocenters. The van der Waals surface area contributed by atoms with Gasteiger partial charge in [0.15, 0.2) is 0 Å². The Balaban J connectivity index is 2.56. The summed E-state index contributed by atoms with van der Waals surface area (Å²) in [5.74, 6) is -0.0904. The highest BCUT2D eigenvalue weighted by Gasteiger charge is 2.32. The number of nitrogens with zero attached hydrogens (tertiary/aromatic N) is 1. The maximum absolute atomic E-state index is 11.7. The summed E-state index contributed by atoms with van der Waals surface area (Å²) in [6.07, 6.45) is -2.96. The monoisotopic (exact) mass is 180 g/mol. The lowest BCUT2D eigenvalue weighted by molar-refractivity contribution is -0.139. The molecule has 0 saturated carbocycles. The molecule has 0 aliphatic rings. The second-order valence-corrected chi connectivity index (χ2v) is 2.30. The predicted octanol–water partition coefficient (Wildman–Crippen LogP) is 1.63. The first-order valence-electron chi connectivity index (χ1n) is 3.21. The van der Waals surface area contributed by atoms with Crippen molar-refractivity contribution in [2.45, 2.75) is 18.6 Å². The number of aromatic nitrogens is 1. The number of nitrogens with two attached hydrogens (primary N) is 1. The van der Waals surface area contributed by atoms with Crippen LogP contribution in [-0.2, 0) is 0 Å². The standard InChI is InChI=1S/C6H7F3N2O/c7-6(8,9)3-4(10)5-11-1-2-12-5/h1-2,4H,3,10H2. The lowest BCUT2D eigenvalue weighted by Gasteiger charge is -2.09. The quantitative estimate of drug-likeness (QED) is 0.752. The molecule has 0 aromatic carbocycles. The van der Waals surface area contributed by atoms with Gasteiger partial charge in [-0.05, 0) is 0 Å². The molecule has 0 bridgehead atoms. The van der Waals surface area contributed by atoms with Gasteiger partial charge in [0, 0.05) is 0 Å². The lowest BCUT2D eigenvalue weighted by atomic mass is 10.2. The predicted molar refractivity (Wildman–Crippen MR) is 34.1 cm³/mol. The van der Waals surface area contributed by atoms with E-state index in [0.717, 1.165) is 0 Å². The SMILES string of the molecule is NC(CC(F)(F)F)c1ncco1. The van der Waals surface area contributed by atoms with Crippen LogP contribution in [0.15, 0.2) is 16.9 Å². The third-order valence-corrected chi connectivity index (χ3v) is 1.22. The van der Waals surface area contributed by atoms with Crippen LogP contribution in [0.5, 0.6) is 0 Å². The molecule has 2 N–H and O–H groups in total. The molecule has 12 heavy (non-hydrogen) atoms. The summed E-state index contributed by atoms with van der Waals surface area (Å²) in [6, 6.07) is -1.21. The molecule has 0 spiro atoms. The van der Waals surface area contributed by atoms with E-state index in [1.165, 1.54) is 12.5 Å². The van der Waals surface area contributed by atoms with Crippen molar-refractivity contribution in [3.05, 3.63) is 18.4 Å². The molecular weight excluding hydrogens is 173 g/mol. The largest absolute Gasteiger partial charge is 0.447 e. The average molecular weight is 180 g/mol. The van der Waals surface area contributed by atoms with Crippen LogP contribution in [0.4, 0.5) is 13.2 Å². The van der Waals surface area contributed by atoms with E-state index in [0.29, 0.717) is 0 Å². The molecule has 0 radical (unpaired) electrons. The van der Waals surface area contributed by atoms with Gasteiger partial charge in [-0.15, -0.1) is 0 Å². The molecule has 0 saturated heterocycles. The van der Waals surface area contributed by atoms with Gasteiger partial charge in [0.2, 0.25) is 5.89 Å². The fourth-order valence-electron chi connectivity index (χ4n) is 0.754. The first kappa shape index (κ1) is 9.05. The number of halogens is 3. The second kappa shape index (κ2) is 3.14. The molecule has 1 aromatic rings. The molecule has 0 amide bonds. The van der Waals surface area contributed by atoms with E-state index >= 15 is 0 Å². The van der Waals surface area contributed by atoms with Crippen molar-refractivity contribution in [3.8, 4) is 0 Å². The third-order valence-electron chi connectivity index (χ3n) is 1.22. The van der Waals surface area contributed by atoms with Gasteiger partial charge in [-0.25, -0.2) is 4.98 Å². The fraction of sp³-hybridized carbons (Fsp3) is 0.500. The first-order valence-corrected chi connectivity index (χ1v) is 3.21. The molecule has 68 valence electrons. The third kappa shape index (κ3) is 2.54. The van der Waals surface area contributed by atoms with E-state index in [4.69, 9.17) is 5.73 Å². The van der Waals surface area contributed by atoms with E-state index in [9.17, 15) is 13.2 Å². The second-order valence-electron chi connectivity index (χ2n) is 2.30. The summed E-state index contributed by atoms with van der Waals surface area (Å²) in [4.78, 5) is 3.51. The Morgan fingerprint density at radius 3 is 2.67 bits per heavy atom. The summed E-state index contributed by atoms with van der Waals surface area (Å²) in [5.41, 5.74) is 5.15. The van der Waals surface area contributed by atoms with Crippen molar-refractivity contribution in [3.63, 3.8) is 0 Å². The number of oxazole rings is 1. The Morgan fingerprint density at radius 2 is 2.25 bits per heavy atom. The van der Waals surface area contributed by atoms with Crippen LogP contribution in [0.3, 0.4) is 0 Å². The van der Waals surface area contributed by atoms with Gasteiger partial charge >= 0.3 is 6.18 Å². The Bertz CT molecular complexity index is 231. The van der Waals surface area contributed by atoms with Gasteiger partial charge in [-0.1, -0.05) is 0 Å². The van der Waals surface area contributed by atoms with Gasteiger partial charge in [-0.3, -0.25) is 0 Å². The zero-order valence-electron chi connectivity index (χ0n) is 6.01. The van der Waals surface area contributed by atoms with Gasteiger partial charge in [0.05, 0.1) is 18.7 Å². The van der Waals surface area contributed by atoms with Gasteiger partial charge < -0.3 is 10.2 Å². The summed E-state index contributed by atoms with van der Waals surface area (Å²) in [5, 5.41) is 0. The number of hydrogen-bond acceptors (Lipinski definition) is 3. The van der Waals surface area contributed by atoms with Crippen molar-refractivity contribution < 1.29 is 17.6 Å². The lowest BCUT2D eigenvalue weighted by Crippen LogP contribution is -2.20. The van der Waals surface area contributed by atoms with Crippen LogP contribution in [-0.4, -0.2) is 11.2 Å².